The number of fused-ring (bicyclic) bond motifs is 1. The number of carbonyl (C=O) groups is 1. The average molecular weight is 323 g/mol. The highest BCUT2D eigenvalue weighted by Gasteiger charge is 2.30. The van der Waals surface area contributed by atoms with Gasteiger partial charge < -0.3 is 9.47 Å². The van der Waals surface area contributed by atoms with Crippen molar-refractivity contribution in [3.63, 3.8) is 0 Å². The number of rotatable bonds is 2. The Hall–Kier alpha value is -2.57. The Morgan fingerprint density at radius 3 is 2.70 bits per heavy atom. The molecule has 0 fully saturated rings. The molecule has 1 unspecified atom stereocenters. The molecule has 0 saturated heterocycles. The summed E-state index contributed by atoms with van der Waals surface area (Å²) >= 11 is 0. The van der Waals surface area contributed by atoms with E-state index >= 15 is 0 Å². The van der Waals surface area contributed by atoms with Crippen molar-refractivity contribution < 1.29 is 27.4 Å². The molecule has 0 spiro atoms. The van der Waals surface area contributed by atoms with Gasteiger partial charge in [0.15, 0.2) is 0 Å². The number of carbonyl (C=O) groups excluding carboxylic acids is 1. The van der Waals surface area contributed by atoms with Gasteiger partial charge in [0.25, 0.3) is 0 Å². The second-order valence-electron chi connectivity index (χ2n) is 5.26. The van der Waals surface area contributed by atoms with E-state index in [1.54, 1.807) is 12.1 Å². The molecule has 3 rings (SSSR count). The van der Waals surface area contributed by atoms with Crippen LogP contribution >= 0.6 is 0 Å². The fourth-order valence-electron chi connectivity index (χ4n) is 2.33. The maximum Gasteiger partial charge on any atom is 0.417 e. The largest absolute Gasteiger partial charge is 0.439 e. The molecule has 0 N–H and O–H groups in total. The van der Waals surface area contributed by atoms with E-state index in [2.05, 4.69) is 4.98 Å². The molecule has 120 valence electrons. The highest BCUT2D eigenvalue weighted by molar-refractivity contribution is 5.76. The summed E-state index contributed by atoms with van der Waals surface area (Å²) in [6.45, 7) is 1.91. The van der Waals surface area contributed by atoms with Crippen LogP contribution in [-0.4, -0.2) is 11.0 Å². The number of hydrogen-bond acceptors (Lipinski definition) is 4. The first-order chi connectivity index (χ1) is 10.8. The predicted octanol–water partition coefficient (Wildman–Crippen LogP) is 4.31. The lowest BCUT2D eigenvalue weighted by atomic mass is 9.95. The average Bonchev–Trinajstić information content (AvgIpc) is 2.46. The number of ether oxygens (including phenoxy) is 2. The molecule has 0 radical (unpaired) electrons. The van der Waals surface area contributed by atoms with Crippen LogP contribution in [0.1, 0.15) is 30.4 Å². The van der Waals surface area contributed by atoms with Gasteiger partial charge in [0.2, 0.25) is 5.88 Å². The summed E-state index contributed by atoms with van der Waals surface area (Å²) in [5, 5.41) is 0. The molecule has 4 nitrogen and oxygen atoms in total. The van der Waals surface area contributed by atoms with E-state index in [9.17, 15) is 18.0 Å². The summed E-state index contributed by atoms with van der Waals surface area (Å²) in [6.07, 6.45) is -3.43. The molecule has 1 aromatic heterocycles. The van der Waals surface area contributed by atoms with Crippen molar-refractivity contribution >= 4 is 5.97 Å². The maximum absolute atomic E-state index is 12.5. The molecule has 2 aromatic rings. The number of esters is 1. The summed E-state index contributed by atoms with van der Waals surface area (Å²) < 4.78 is 48.0. The zero-order chi connectivity index (χ0) is 16.6. The van der Waals surface area contributed by atoms with Gasteiger partial charge in [0.1, 0.15) is 11.5 Å². The molecule has 0 bridgehead atoms. The number of aromatic nitrogens is 1. The van der Waals surface area contributed by atoms with Gasteiger partial charge in [-0.3, -0.25) is 4.79 Å². The molecule has 1 aromatic carbocycles. The van der Waals surface area contributed by atoms with Crippen LogP contribution < -0.4 is 9.47 Å². The standard InChI is InChI=1S/C16H12F3NO3/c1-9-6-15(21)23-13-7-11(3-4-12(9)13)22-14-5-2-10(8-20-14)16(17,18)19/h2-5,7-9H,6H2,1H3. The molecule has 1 aliphatic heterocycles. The van der Waals surface area contributed by atoms with Crippen molar-refractivity contribution in [1.29, 1.82) is 0 Å². The highest BCUT2D eigenvalue weighted by atomic mass is 19.4. The van der Waals surface area contributed by atoms with Gasteiger partial charge in [-0.1, -0.05) is 13.0 Å². The lowest BCUT2D eigenvalue weighted by Gasteiger charge is -2.21. The SMILES string of the molecule is CC1CC(=O)Oc2cc(Oc3ccc(C(F)(F)F)cn3)ccc21. The van der Waals surface area contributed by atoms with Crippen molar-refractivity contribution in [2.45, 2.75) is 25.4 Å². The second-order valence-corrected chi connectivity index (χ2v) is 5.26. The third-order valence-electron chi connectivity index (χ3n) is 3.50. The van der Waals surface area contributed by atoms with Crippen LogP contribution in [0.2, 0.25) is 0 Å². The van der Waals surface area contributed by atoms with E-state index in [0.29, 0.717) is 24.1 Å². The molecule has 7 heteroatoms. The Morgan fingerprint density at radius 2 is 2.04 bits per heavy atom. The van der Waals surface area contributed by atoms with Crippen LogP contribution in [0, 0.1) is 0 Å². The van der Waals surface area contributed by atoms with E-state index in [4.69, 9.17) is 9.47 Å². The smallest absolute Gasteiger partial charge is 0.417 e. The van der Waals surface area contributed by atoms with Crippen LogP contribution in [0.5, 0.6) is 17.4 Å². The third-order valence-corrected chi connectivity index (χ3v) is 3.50. The summed E-state index contributed by atoms with van der Waals surface area (Å²) in [5.41, 5.74) is 0.0374. The first-order valence-corrected chi connectivity index (χ1v) is 6.88. The topological polar surface area (TPSA) is 48.4 Å². The van der Waals surface area contributed by atoms with E-state index in [-0.39, 0.29) is 17.8 Å². The Labute approximate surface area is 129 Å². The second kappa shape index (κ2) is 5.57. The lowest BCUT2D eigenvalue weighted by Crippen LogP contribution is -2.18. The Balaban J connectivity index is 1.81. The zero-order valence-electron chi connectivity index (χ0n) is 12.1. The Bertz CT molecular complexity index is 741. The van der Waals surface area contributed by atoms with E-state index < -0.39 is 11.7 Å². The first kappa shape index (κ1) is 15.3. The molecular formula is C16H12F3NO3. The summed E-state index contributed by atoms with van der Waals surface area (Å²) in [6, 6.07) is 6.99. The molecular weight excluding hydrogens is 311 g/mol. The van der Waals surface area contributed by atoms with Gasteiger partial charge in [0, 0.05) is 18.3 Å². The first-order valence-electron chi connectivity index (χ1n) is 6.88. The summed E-state index contributed by atoms with van der Waals surface area (Å²) in [5.74, 6) is 0.475. The molecule has 0 aliphatic carbocycles. The van der Waals surface area contributed by atoms with Crippen molar-refractivity contribution in [2.24, 2.45) is 0 Å². The van der Waals surface area contributed by atoms with Crippen molar-refractivity contribution in [3.8, 4) is 17.4 Å². The van der Waals surface area contributed by atoms with Crippen LogP contribution in [-0.2, 0) is 11.0 Å². The minimum Gasteiger partial charge on any atom is -0.439 e. The minimum atomic E-state index is -4.44. The number of halogens is 3. The number of alkyl halides is 3. The van der Waals surface area contributed by atoms with Gasteiger partial charge in [-0.05, 0) is 23.6 Å². The number of hydrogen-bond donors (Lipinski definition) is 0. The summed E-state index contributed by atoms with van der Waals surface area (Å²) in [4.78, 5) is 15.1. The molecule has 1 aliphatic rings. The normalized spacial score (nSPS) is 17.4. The van der Waals surface area contributed by atoms with E-state index in [0.717, 1.165) is 17.7 Å². The highest BCUT2D eigenvalue weighted by Crippen LogP contribution is 2.37. The quantitative estimate of drug-likeness (QED) is 0.610. The lowest BCUT2D eigenvalue weighted by molar-refractivity contribution is -0.138. The van der Waals surface area contributed by atoms with Crippen LogP contribution in [0.25, 0.3) is 0 Å². The number of pyridine rings is 1. The fourth-order valence-corrected chi connectivity index (χ4v) is 2.33. The molecule has 0 amide bonds. The van der Waals surface area contributed by atoms with Crippen LogP contribution in [0.4, 0.5) is 13.2 Å². The predicted molar refractivity (Wildman–Crippen MR) is 74.4 cm³/mol. The van der Waals surface area contributed by atoms with E-state index in [1.807, 2.05) is 6.92 Å². The van der Waals surface area contributed by atoms with Crippen molar-refractivity contribution in [1.82, 2.24) is 4.98 Å². The Kier molecular flexibility index (Phi) is 3.71. The van der Waals surface area contributed by atoms with E-state index in [1.165, 1.54) is 6.07 Å². The van der Waals surface area contributed by atoms with Gasteiger partial charge in [-0.25, -0.2) is 4.98 Å². The zero-order valence-corrected chi connectivity index (χ0v) is 12.1. The minimum absolute atomic E-state index is 0.0214. The third kappa shape index (κ3) is 3.28. The molecule has 0 saturated carbocycles. The fraction of sp³-hybridized carbons (Fsp3) is 0.250. The van der Waals surface area contributed by atoms with Gasteiger partial charge in [0.05, 0.1) is 12.0 Å². The number of benzene rings is 1. The molecule has 23 heavy (non-hydrogen) atoms. The van der Waals surface area contributed by atoms with Gasteiger partial charge in [-0.2, -0.15) is 13.2 Å². The van der Waals surface area contributed by atoms with Gasteiger partial charge >= 0.3 is 12.1 Å². The number of nitrogens with zero attached hydrogens (tertiary/aromatic N) is 1. The summed E-state index contributed by atoms with van der Waals surface area (Å²) in [7, 11) is 0. The van der Waals surface area contributed by atoms with Crippen molar-refractivity contribution in [3.05, 3.63) is 47.7 Å². The van der Waals surface area contributed by atoms with Crippen LogP contribution in [0.15, 0.2) is 36.5 Å². The molecule has 2 heterocycles. The maximum atomic E-state index is 12.5. The van der Waals surface area contributed by atoms with Gasteiger partial charge in [-0.15, -0.1) is 0 Å². The van der Waals surface area contributed by atoms with Crippen LogP contribution in [0.3, 0.4) is 0 Å². The molecule has 1 atom stereocenters. The monoisotopic (exact) mass is 323 g/mol. The Morgan fingerprint density at radius 1 is 1.26 bits per heavy atom. The van der Waals surface area contributed by atoms with Crippen molar-refractivity contribution in [2.75, 3.05) is 0 Å².